The van der Waals surface area contributed by atoms with Crippen LogP contribution in [-0.4, -0.2) is 0 Å². The molecule has 0 fully saturated rings. The standard InChI is InChI=1S/C12H21/c1-4-7-8-9-11-12(6-3)10-5-2/h7-10H,4-6,11H2,1-3H3. The summed E-state index contributed by atoms with van der Waals surface area (Å²) in [5.41, 5.74) is 1.55. The number of rotatable bonds is 6. The van der Waals surface area contributed by atoms with Crippen LogP contribution < -0.4 is 0 Å². The fraction of sp³-hybridized carbons (Fsp3) is 0.583. The van der Waals surface area contributed by atoms with Crippen LogP contribution in [-0.2, 0) is 0 Å². The smallest absolute Gasteiger partial charge is 0.0139 e. The highest BCUT2D eigenvalue weighted by Crippen LogP contribution is 2.08. The Kier molecular flexibility index (Phi) is 8.20. The summed E-state index contributed by atoms with van der Waals surface area (Å²) in [7, 11) is 0. The summed E-state index contributed by atoms with van der Waals surface area (Å²) >= 11 is 0. The molecule has 0 amide bonds. The molecule has 0 bridgehead atoms. The molecule has 0 saturated heterocycles. The van der Waals surface area contributed by atoms with Crippen molar-refractivity contribution < 1.29 is 0 Å². The maximum Gasteiger partial charge on any atom is -0.0139 e. The molecule has 0 heterocycles. The van der Waals surface area contributed by atoms with E-state index in [4.69, 9.17) is 0 Å². The largest absolute Gasteiger partial charge is 0.0853 e. The zero-order valence-corrected chi connectivity index (χ0v) is 8.64. The van der Waals surface area contributed by atoms with Crippen LogP contribution >= 0.6 is 0 Å². The van der Waals surface area contributed by atoms with Crippen LogP contribution in [0.3, 0.4) is 0 Å². The molecule has 1 radical (unpaired) electrons. The number of allylic oxidation sites excluding steroid dienone is 4. The maximum atomic E-state index is 2.33. The predicted octanol–water partition coefficient (Wildman–Crippen LogP) is 4.29. The van der Waals surface area contributed by atoms with Gasteiger partial charge in [-0.15, -0.1) is 0 Å². The Labute approximate surface area is 77.4 Å². The molecule has 0 aromatic carbocycles. The van der Waals surface area contributed by atoms with Crippen molar-refractivity contribution in [3.05, 3.63) is 30.2 Å². The fourth-order valence-corrected chi connectivity index (χ4v) is 1.11. The highest BCUT2D eigenvalue weighted by atomic mass is 13.9. The van der Waals surface area contributed by atoms with Crippen molar-refractivity contribution in [3.8, 4) is 0 Å². The van der Waals surface area contributed by atoms with Crippen LogP contribution in [0, 0.1) is 6.42 Å². The molecule has 0 aliphatic rings. The first-order valence-corrected chi connectivity index (χ1v) is 5.01. The Morgan fingerprint density at radius 3 is 2.33 bits per heavy atom. The average molecular weight is 165 g/mol. The van der Waals surface area contributed by atoms with E-state index in [1.165, 1.54) is 6.42 Å². The summed E-state index contributed by atoms with van der Waals surface area (Å²) in [5.74, 6) is 0. The second kappa shape index (κ2) is 8.58. The lowest BCUT2D eigenvalue weighted by molar-refractivity contribution is 0.998. The molecule has 69 valence electrons. The van der Waals surface area contributed by atoms with Crippen molar-refractivity contribution in [2.75, 3.05) is 0 Å². The second-order valence-electron chi connectivity index (χ2n) is 2.90. The molecule has 0 heteroatoms. The van der Waals surface area contributed by atoms with Crippen molar-refractivity contribution in [1.82, 2.24) is 0 Å². The minimum atomic E-state index is 1.13. The van der Waals surface area contributed by atoms with Crippen molar-refractivity contribution in [1.29, 1.82) is 0 Å². The van der Waals surface area contributed by atoms with Crippen molar-refractivity contribution in [3.63, 3.8) is 0 Å². The van der Waals surface area contributed by atoms with E-state index in [0.29, 0.717) is 0 Å². The van der Waals surface area contributed by atoms with Gasteiger partial charge in [-0.2, -0.15) is 0 Å². The molecule has 0 spiro atoms. The van der Waals surface area contributed by atoms with Gasteiger partial charge in [0.05, 0.1) is 0 Å². The molecule has 0 unspecified atom stereocenters. The third-order valence-corrected chi connectivity index (χ3v) is 1.83. The van der Waals surface area contributed by atoms with E-state index < -0.39 is 0 Å². The lowest BCUT2D eigenvalue weighted by Gasteiger charge is -1.98. The first kappa shape index (κ1) is 11.5. The topological polar surface area (TPSA) is 0 Å². The van der Waals surface area contributed by atoms with E-state index in [0.717, 1.165) is 19.3 Å². The van der Waals surface area contributed by atoms with Crippen LogP contribution in [0.4, 0.5) is 0 Å². The van der Waals surface area contributed by atoms with Gasteiger partial charge in [0.25, 0.3) is 0 Å². The van der Waals surface area contributed by atoms with Crippen LogP contribution in [0.1, 0.15) is 46.5 Å². The molecule has 0 N–H and O–H groups in total. The van der Waals surface area contributed by atoms with E-state index in [1.54, 1.807) is 5.57 Å². The summed E-state index contributed by atoms with van der Waals surface area (Å²) in [5, 5.41) is 0. The minimum Gasteiger partial charge on any atom is -0.0853 e. The third-order valence-electron chi connectivity index (χ3n) is 1.83. The van der Waals surface area contributed by atoms with Crippen LogP contribution in [0.2, 0.25) is 0 Å². The summed E-state index contributed by atoms with van der Waals surface area (Å²) < 4.78 is 0. The van der Waals surface area contributed by atoms with Gasteiger partial charge in [0.2, 0.25) is 0 Å². The molecule has 0 aromatic rings. The monoisotopic (exact) mass is 165 g/mol. The lowest BCUT2D eigenvalue weighted by atomic mass is 10.1. The first-order valence-electron chi connectivity index (χ1n) is 5.01. The third kappa shape index (κ3) is 6.21. The normalized spacial score (nSPS) is 12.8. The molecule has 0 aliphatic heterocycles. The van der Waals surface area contributed by atoms with Gasteiger partial charge in [0, 0.05) is 0 Å². The van der Waals surface area contributed by atoms with E-state index >= 15 is 0 Å². The van der Waals surface area contributed by atoms with Gasteiger partial charge in [0.15, 0.2) is 0 Å². The van der Waals surface area contributed by atoms with Crippen molar-refractivity contribution >= 4 is 0 Å². The number of unbranched alkanes of at least 4 members (excludes halogenated alkanes) is 1. The molecular formula is C12H21. The van der Waals surface area contributed by atoms with E-state index in [9.17, 15) is 0 Å². The fourth-order valence-electron chi connectivity index (χ4n) is 1.11. The molecule has 12 heavy (non-hydrogen) atoms. The minimum absolute atomic E-state index is 1.13. The highest BCUT2D eigenvalue weighted by molar-refractivity contribution is 5.08. The molecule has 0 aliphatic carbocycles. The Bertz CT molecular complexity index is 140. The summed E-state index contributed by atoms with van der Waals surface area (Å²) in [4.78, 5) is 0. The van der Waals surface area contributed by atoms with Gasteiger partial charge in [-0.25, -0.2) is 0 Å². The molecule has 0 rings (SSSR count). The summed E-state index contributed by atoms with van der Waals surface area (Å²) in [6.45, 7) is 6.57. The number of hydrogen-bond donors (Lipinski definition) is 0. The van der Waals surface area contributed by atoms with Crippen LogP contribution in [0.15, 0.2) is 23.8 Å². The first-order chi connectivity index (χ1) is 5.85. The quantitative estimate of drug-likeness (QED) is 0.515. The van der Waals surface area contributed by atoms with Gasteiger partial charge in [-0.1, -0.05) is 44.6 Å². The summed E-state index contributed by atoms with van der Waals surface area (Å²) in [6, 6.07) is 0. The molecular weight excluding hydrogens is 144 g/mol. The Morgan fingerprint density at radius 2 is 1.83 bits per heavy atom. The van der Waals surface area contributed by atoms with Crippen LogP contribution in [0.5, 0.6) is 0 Å². The molecule has 0 saturated carbocycles. The summed E-state index contributed by atoms with van der Waals surface area (Å²) in [6.07, 6.45) is 13.5. The Balaban J connectivity index is 3.64. The van der Waals surface area contributed by atoms with Gasteiger partial charge in [-0.05, 0) is 32.1 Å². The Hall–Kier alpha value is -0.520. The molecule has 0 atom stereocenters. The maximum absolute atomic E-state index is 2.33. The zero-order valence-electron chi connectivity index (χ0n) is 8.64. The highest BCUT2D eigenvalue weighted by Gasteiger charge is 1.88. The van der Waals surface area contributed by atoms with Crippen molar-refractivity contribution in [2.45, 2.75) is 46.5 Å². The van der Waals surface area contributed by atoms with Gasteiger partial charge < -0.3 is 0 Å². The van der Waals surface area contributed by atoms with Crippen molar-refractivity contribution in [2.24, 2.45) is 0 Å². The van der Waals surface area contributed by atoms with Gasteiger partial charge >= 0.3 is 0 Å². The van der Waals surface area contributed by atoms with Gasteiger partial charge in [0.1, 0.15) is 0 Å². The lowest BCUT2D eigenvalue weighted by Crippen LogP contribution is -1.78. The van der Waals surface area contributed by atoms with Gasteiger partial charge in [-0.3, -0.25) is 0 Å². The molecule has 0 nitrogen and oxygen atoms in total. The van der Waals surface area contributed by atoms with E-state index in [2.05, 4.69) is 45.4 Å². The van der Waals surface area contributed by atoms with E-state index in [-0.39, 0.29) is 0 Å². The zero-order chi connectivity index (χ0) is 9.23. The number of hydrogen-bond acceptors (Lipinski definition) is 0. The van der Waals surface area contributed by atoms with E-state index in [1.807, 2.05) is 0 Å². The average Bonchev–Trinajstić information content (AvgIpc) is 2.10. The predicted molar refractivity (Wildman–Crippen MR) is 57.0 cm³/mol. The Morgan fingerprint density at radius 1 is 1.08 bits per heavy atom. The second-order valence-corrected chi connectivity index (χ2v) is 2.90. The SMILES string of the molecule is CC[CH]C=CCC(=CCC)CC. The molecule has 0 aromatic heterocycles. The van der Waals surface area contributed by atoms with Crippen LogP contribution in [0.25, 0.3) is 0 Å².